The van der Waals surface area contributed by atoms with Crippen LogP contribution in [0.15, 0.2) is 40.0 Å². The first-order chi connectivity index (χ1) is 13.0. The van der Waals surface area contributed by atoms with E-state index in [1.807, 2.05) is 0 Å². The Morgan fingerprint density at radius 3 is 2.50 bits per heavy atom. The fourth-order valence-electron chi connectivity index (χ4n) is 2.21. The number of benzene rings is 1. The minimum absolute atomic E-state index is 0.0589. The van der Waals surface area contributed by atoms with E-state index in [1.165, 1.54) is 7.11 Å². The number of methoxy groups -OCH3 is 1. The van der Waals surface area contributed by atoms with Gasteiger partial charge in [-0.2, -0.15) is 18.3 Å². The molecule has 1 aromatic carbocycles. The van der Waals surface area contributed by atoms with Crippen molar-refractivity contribution in [2.75, 3.05) is 12.4 Å². The van der Waals surface area contributed by atoms with Crippen LogP contribution in [0.1, 0.15) is 23.8 Å². The van der Waals surface area contributed by atoms with Crippen LogP contribution in [-0.2, 0) is 16.4 Å². The predicted molar refractivity (Wildman–Crippen MR) is 93.0 cm³/mol. The minimum Gasteiger partial charge on any atom is -0.495 e. The van der Waals surface area contributed by atoms with Crippen LogP contribution in [0.25, 0.3) is 0 Å². The summed E-state index contributed by atoms with van der Waals surface area (Å²) in [6.45, 7) is 2.07. The van der Waals surface area contributed by atoms with Gasteiger partial charge in [-0.1, -0.05) is 6.92 Å². The molecule has 0 fully saturated rings. The molecule has 0 radical (unpaired) electrons. The number of nitrogens with one attached hydrogen (secondary N) is 1. The van der Waals surface area contributed by atoms with Gasteiger partial charge in [-0.3, -0.25) is 9.59 Å². The molecule has 0 aliphatic carbocycles. The number of aromatic nitrogens is 2. The molecule has 8 nitrogen and oxygen atoms in total. The predicted octanol–water partition coefficient (Wildman–Crippen LogP) is 2.21. The number of carbonyl (C=O) groups excluding carboxylic acids is 1. The molecule has 152 valence electrons. The largest absolute Gasteiger partial charge is 0.501 e. The molecule has 1 N–H and O–H groups in total. The number of rotatable bonds is 6. The van der Waals surface area contributed by atoms with E-state index in [4.69, 9.17) is 4.74 Å². The number of hydrogen-bond acceptors (Lipinski definition) is 6. The van der Waals surface area contributed by atoms with Crippen molar-refractivity contribution in [3.05, 3.63) is 46.4 Å². The second kappa shape index (κ2) is 8.00. The highest BCUT2D eigenvalue weighted by molar-refractivity contribution is 7.92. The first-order valence-corrected chi connectivity index (χ1v) is 9.38. The standard InChI is InChI=1S/C16H16F3N3O5S/c1-3-8-22-14(23)7-5-11(21-22)15(24)20-12-9-10(4-6-13(12)27-2)28(25,26)16(17,18)19/h4-7,9H,3,8H2,1-2H3,(H,20,24). The van der Waals surface area contributed by atoms with E-state index in [2.05, 4.69) is 10.4 Å². The van der Waals surface area contributed by atoms with Crippen molar-refractivity contribution in [3.63, 3.8) is 0 Å². The zero-order valence-corrected chi connectivity index (χ0v) is 15.6. The topological polar surface area (TPSA) is 107 Å². The number of amides is 1. The zero-order valence-electron chi connectivity index (χ0n) is 14.8. The van der Waals surface area contributed by atoms with Gasteiger partial charge in [0.25, 0.3) is 21.3 Å². The highest BCUT2D eigenvalue weighted by Gasteiger charge is 2.47. The summed E-state index contributed by atoms with van der Waals surface area (Å²) in [5, 5.41) is 6.13. The number of hydrogen-bond donors (Lipinski definition) is 1. The lowest BCUT2D eigenvalue weighted by molar-refractivity contribution is -0.0436. The van der Waals surface area contributed by atoms with Crippen LogP contribution in [0, 0.1) is 0 Å². The van der Waals surface area contributed by atoms with E-state index in [0.29, 0.717) is 12.5 Å². The third-order valence-electron chi connectivity index (χ3n) is 3.57. The van der Waals surface area contributed by atoms with Crippen molar-refractivity contribution in [2.24, 2.45) is 0 Å². The normalized spacial score (nSPS) is 11.9. The summed E-state index contributed by atoms with van der Waals surface area (Å²) in [5.41, 5.74) is -6.40. The van der Waals surface area contributed by atoms with Crippen molar-refractivity contribution >= 4 is 21.4 Å². The molecular weight excluding hydrogens is 403 g/mol. The van der Waals surface area contributed by atoms with Crippen molar-refractivity contribution < 1.29 is 31.1 Å². The fraction of sp³-hybridized carbons (Fsp3) is 0.312. The summed E-state index contributed by atoms with van der Waals surface area (Å²) in [5.74, 6) is -0.916. The van der Waals surface area contributed by atoms with Gasteiger partial charge in [0, 0.05) is 12.6 Å². The first-order valence-electron chi connectivity index (χ1n) is 7.90. The SMILES string of the molecule is CCCn1nc(C(=O)Nc2cc(S(=O)(=O)C(F)(F)F)ccc2OC)ccc1=O. The molecule has 28 heavy (non-hydrogen) atoms. The van der Waals surface area contributed by atoms with Crippen LogP contribution in [0.5, 0.6) is 5.75 Å². The van der Waals surface area contributed by atoms with Gasteiger partial charge in [0.05, 0.1) is 17.7 Å². The van der Waals surface area contributed by atoms with Gasteiger partial charge in [-0.15, -0.1) is 0 Å². The number of halogens is 3. The number of nitrogens with zero attached hydrogens (tertiary/aromatic N) is 2. The van der Waals surface area contributed by atoms with Gasteiger partial charge in [-0.05, 0) is 30.7 Å². The molecule has 2 rings (SSSR count). The third-order valence-corrected chi connectivity index (χ3v) is 5.05. The van der Waals surface area contributed by atoms with Crippen LogP contribution >= 0.6 is 0 Å². The highest BCUT2D eigenvalue weighted by Crippen LogP contribution is 2.34. The van der Waals surface area contributed by atoms with E-state index in [1.54, 1.807) is 6.92 Å². The molecule has 0 saturated carbocycles. The van der Waals surface area contributed by atoms with Crippen LogP contribution < -0.4 is 15.6 Å². The molecule has 2 aromatic rings. The van der Waals surface area contributed by atoms with Gasteiger partial charge < -0.3 is 10.1 Å². The quantitative estimate of drug-likeness (QED) is 0.769. The number of alkyl halides is 3. The molecular formula is C16H16F3N3O5S. The Hall–Kier alpha value is -2.89. The van der Waals surface area contributed by atoms with E-state index in [-0.39, 0.29) is 23.7 Å². The Labute approximate surface area is 157 Å². The van der Waals surface area contributed by atoms with Gasteiger partial charge in [0.1, 0.15) is 11.4 Å². The average molecular weight is 419 g/mol. The summed E-state index contributed by atoms with van der Waals surface area (Å²) in [6, 6.07) is 4.62. The summed E-state index contributed by atoms with van der Waals surface area (Å²) >= 11 is 0. The summed E-state index contributed by atoms with van der Waals surface area (Å²) in [4.78, 5) is 23.0. The molecule has 12 heteroatoms. The fourth-order valence-corrected chi connectivity index (χ4v) is 3.00. The van der Waals surface area contributed by atoms with E-state index in [0.717, 1.165) is 28.9 Å². The van der Waals surface area contributed by atoms with Crippen LogP contribution in [0.3, 0.4) is 0 Å². The van der Waals surface area contributed by atoms with E-state index in [9.17, 15) is 31.2 Å². The number of aryl methyl sites for hydroxylation is 1. The molecule has 0 bridgehead atoms. The number of sulfone groups is 1. The molecule has 1 aromatic heterocycles. The molecule has 1 amide bonds. The monoisotopic (exact) mass is 419 g/mol. The number of carbonyl (C=O) groups is 1. The molecule has 0 aliphatic heterocycles. The highest BCUT2D eigenvalue weighted by atomic mass is 32.2. The van der Waals surface area contributed by atoms with Crippen LogP contribution in [-0.4, -0.2) is 36.7 Å². The number of ether oxygens (including phenoxy) is 1. The van der Waals surface area contributed by atoms with E-state index < -0.39 is 31.7 Å². The smallest absolute Gasteiger partial charge is 0.495 e. The summed E-state index contributed by atoms with van der Waals surface area (Å²) < 4.78 is 67.5. The molecule has 0 spiro atoms. The zero-order chi connectivity index (χ0) is 21.1. The Bertz CT molecular complexity index is 1050. The molecule has 0 atom stereocenters. The maximum absolute atomic E-state index is 12.8. The maximum Gasteiger partial charge on any atom is 0.501 e. The van der Waals surface area contributed by atoms with Crippen molar-refractivity contribution in [1.29, 1.82) is 0 Å². The van der Waals surface area contributed by atoms with Gasteiger partial charge in [0.15, 0.2) is 0 Å². The Balaban J connectivity index is 2.43. The molecule has 1 heterocycles. The third kappa shape index (κ3) is 4.32. The molecule has 0 saturated heterocycles. The Kier molecular flexibility index (Phi) is 6.12. The minimum atomic E-state index is -5.61. The summed E-state index contributed by atoms with van der Waals surface area (Å²) in [7, 11) is -4.41. The van der Waals surface area contributed by atoms with E-state index >= 15 is 0 Å². The molecule has 0 aliphatic rings. The lowest BCUT2D eigenvalue weighted by Crippen LogP contribution is -2.26. The average Bonchev–Trinajstić information content (AvgIpc) is 2.62. The maximum atomic E-state index is 12.8. The van der Waals surface area contributed by atoms with Crippen LogP contribution in [0.2, 0.25) is 0 Å². The van der Waals surface area contributed by atoms with Crippen LogP contribution in [0.4, 0.5) is 18.9 Å². The number of anilines is 1. The van der Waals surface area contributed by atoms with Crippen molar-refractivity contribution in [3.8, 4) is 5.75 Å². The van der Waals surface area contributed by atoms with Gasteiger partial charge >= 0.3 is 5.51 Å². The Morgan fingerprint density at radius 1 is 1.25 bits per heavy atom. The van der Waals surface area contributed by atoms with Gasteiger partial charge in [0.2, 0.25) is 0 Å². The van der Waals surface area contributed by atoms with Crippen molar-refractivity contribution in [2.45, 2.75) is 30.3 Å². The van der Waals surface area contributed by atoms with Crippen molar-refractivity contribution in [1.82, 2.24) is 9.78 Å². The summed E-state index contributed by atoms with van der Waals surface area (Å²) in [6.07, 6.45) is 0.586. The Morgan fingerprint density at radius 2 is 1.93 bits per heavy atom. The second-order valence-electron chi connectivity index (χ2n) is 5.55. The second-order valence-corrected chi connectivity index (χ2v) is 7.49. The lowest BCUT2D eigenvalue weighted by Gasteiger charge is -2.13. The van der Waals surface area contributed by atoms with Gasteiger partial charge in [-0.25, -0.2) is 13.1 Å². The lowest BCUT2D eigenvalue weighted by atomic mass is 10.2. The first kappa shape index (κ1) is 21.4. The molecule has 0 unspecified atom stereocenters.